The molecule has 3 amide bonds. The SMILES string of the molecule is CCCCCN(C(=O)C(Cc1ccc(O)cc1)NC(=O)OC(C)(C)C)C(C(=O)NCCCC)c1c(C)cccc1C. The lowest BCUT2D eigenvalue weighted by Crippen LogP contribution is -2.54. The highest BCUT2D eigenvalue weighted by atomic mass is 16.6. The number of ether oxygens (including phenoxy) is 1. The molecule has 0 saturated heterocycles. The first-order valence-corrected chi connectivity index (χ1v) is 14.8. The van der Waals surface area contributed by atoms with Gasteiger partial charge in [0.15, 0.2) is 0 Å². The van der Waals surface area contributed by atoms with E-state index in [1.807, 2.05) is 32.0 Å². The number of hydrogen-bond acceptors (Lipinski definition) is 5. The summed E-state index contributed by atoms with van der Waals surface area (Å²) in [6.45, 7) is 14.2. The minimum absolute atomic E-state index is 0.108. The van der Waals surface area contributed by atoms with Crippen LogP contribution in [0.5, 0.6) is 5.75 Å². The first-order chi connectivity index (χ1) is 19.4. The van der Waals surface area contributed by atoms with Crippen molar-refractivity contribution in [2.75, 3.05) is 13.1 Å². The van der Waals surface area contributed by atoms with E-state index in [0.29, 0.717) is 19.5 Å². The molecule has 0 aliphatic carbocycles. The molecule has 0 saturated carbocycles. The molecular formula is C33H49N3O5. The third-order valence-electron chi connectivity index (χ3n) is 6.86. The summed E-state index contributed by atoms with van der Waals surface area (Å²) in [4.78, 5) is 43.0. The van der Waals surface area contributed by atoms with Crippen LogP contribution in [-0.4, -0.2) is 52.6 Å². The molecule has 41 heavy (non-hydrogen) atoms. The maximum atomic E-state index is 14.5. The molecule has 0 aliphatic rings. The molecule has 2 atom stereocenters. The molecule has 0 bridgehead atoms. The van der Waals surface area contributed by atoms with Crippen LogP contribution < -0.4 is 10.6 Å². The van der Waals surface area contributed by atoms with E-state index in [0.717, 1.165) is 47.9 Å². The average Bonchev–Trinajstić information content (AvgIpc) is 2.89. The predicted octanol–water partition coefficient (Wildman–Crippen LogP) is 6.12. The van der Waals surface area contributed by atoms with E-state index in [-0.39, 0.29) is 24.0 Å². The number of nitrogens with one attached hydrogen (secondary N) is 2. The van der Waals surface area contributed by atoms with Gasteiger partial charge in [0.2, 0.25) is 11.8 Å². The Labute approximate surface area is 245 Å². The van der Waals surface area contributed by atoms with Gasteiger partial charge in [-0.1, -0.05) is 63.4 Å². The van der Waals surface area contributed by atoms with Crippen molar-refractivity contribution in [3.8, 4) is 5.75 Å². The van der Waals surface area contributed by atoms with Gasteiger partial charge in [-0.15, -0.1) is 0 Å². The summed E-state index contributed by atoms with van der Waals surface area (Å²) in [7, 11) is 0. The van der Waals surface area contributed by atoms with Crippen LogP contribution in [0.25, 0.3) is 0 Å². The van der Waals surface area contributed by atoms with Gasteiger partial charge >= 0.3 is 6.09 Å². The van der Waals surface area contributed by atoms with Crippen molar-refractivity contribution < 1.29 is 24.2 Å². The lowest BCUT2D eigenvalue weighted by molar-refractivity contribution is -0.142. The maximum absolute atomic E-state index is 14.5. The topological polar surface area (TPSA) is 108 Å². The number of aryl methyl sites for hydroxylation is 2. The van der Waals surface area contributed by atoms with Crippen LogP contribution in [-0.2, 0) is 20.7 Å². The zero-order chi connectivity index (χ0) is 30.6. The zero-order valence-corrected chi connectivity index (χ0v) is 25.9. The lowest BCUT2D eigenvalue weighted by atomic mass is 9.93. The summed E-state index contributed by atoms with van der Waals surface area (Å²) in [6, 6.07) is 10.5. The molecular weight excluding hydrogens is 518 g/mol. The molecule has 0 heterocycles. The van der Waals surface area contributed by atoms with Crippen LogP contribution in [0.3, 0.4) is 0 Å². The van der Waals surface area contributed by atoms with E-state index < -0.39 is 23.8 Å². The number of aromatic hydroxyl groups is 1. The molecule has 0 spiro atoms. The van der Waals surface area contributed by atoms with E-state index in [1.54, 1.807) is 49.9 Å². The summed E-state index contributed by atoms with van der Waals surface area (Å²) in [5, 5.41) is 15.6. The Balaban J connectivity index is 2.60. The van der Waals surface area contributed by atoms with E-state index in [2.05, 4.69) is 24.5 Å². The number of alkyl carbamates (subject to hydrolysis) is 1. The number of hydrogen-bond donors (Lipinski definition) is 3. The van der Waals surface area contributed by atoms with Gasteiger partial charge in [-0.25, -0.2) is 4.79 Å². The van der Waals surface area contributed by atoms with Gasteiger partial charge < -0.3 is 25.4 Å². The zero-order valence-electron chi connectivity index (χ0n) is 25.9. The van der Waals surface area contributed by atoms with Crippen LogP contribution in [0.2, 0.25) is 0 Å². The first kappa shape index (κ1) is 33.7. The molecule has 8 heteroatoms. The van der Waals surface area contributed by atoms with Crippen molar-refractivity contribution in [1.29, 1.82) is 0 Å². The molecule has 0 aromatic heterocycles. The number of phenolic OH excluding ortho intramolecular Hbond substituents is 1. The van der Waals surface area contributed by atoms with Gasteiger partial charge in [-0.05, 0) is 81.8 Å². The highest BCUT2D eigenvalue weighted by Gasteiger charge is 2.37. The number of unbranched alkanes of at least 4 members (excludes halogenated alkanes) is 3. The van der Waals surface area contributed by atoms with Gasteiger partial charge in [0.25, 0.3) is 0 Å². The predicted molar refractivity (Wildman–Crippen MR) is 163 cm³/mol. The van der Waals surface area contributed by atoms with Crippen molar-refractivity contribution in [2.45, 2.75) is 105 Å². The largest absolute Gasteiger partial charge is 0.508 e. The average molecular weight is 568 g/mol. The van der Waals surface area contributed by atoms with Crippen molar-refractivity contribution in [3.63, 3.8) is 0 Å². The molecule has 2 rings (SSSR count). The number of amides is 3. The monoisotopic (exact) mass is 567 g/mol. The summed E-state index contributed by atoms with van der Waals surface area (Å²) >= 11 is 0. The van der Waals surface area contributed by atoms with Crippen LogP contribution in [0.15, 0.2) is 42.5 Å². The Kier molecular flexibility index (Phi) is 13.2. The highest BCUT2D eigenvalue weighted by molar-refractivity contribution is 5.92. The summed E-state index contributed by atoms with van der Waals surface area (Å²) in [6.07, 6.45) is 3.78. The second-order valence-corrected chi connectivity index (χ2v) is 11.7. The smallest absolute Gasteiger partial charge is 0.408 e. The summed E-state index contributed by atoms with van der Waals surface area (Å²) in [5.41, 5.74) is 2.64. The number of carbonyl (C=O) groups excluding carboxylic acids is 3. The Hall–Kier alpha value is -3.55. The minimum atomic E-state index is -0.994. The number of carbonyl (C=O) groups is 3. The third-order valence-corrected chi connectivity index (χ3v) is 6.86. The highest BCUT2D eigenvalue weighted by Crippen LogP contribution is 2.29. The third kappa shape index (κ3) is 10.7. The Morgan fingerprint density at radius 2 is 1.54 bits per heavy atom. The molecule has 226 valence electrons. The Morgan fingerprint density at radius 3 is 2.10 bits per heavy atom. The van der Waals surface area contributed by atoms with Crippen LogP contribution in [0.4, 0.5) is 4.79 Å². The van der Waals surface area contributed by atoms with E-state index in [1.165, 1.54) is 0 Å². The number of phenols is 1. The molecule has 3 N–H and O–H groups in total. The molecule has 2 unspecified atom stereocenters. The minimum Gasteiger partial charge on any atom is -0.508 e. The van der Waals surface area contributed by atoms with Crippen LogP contribution in [0, 0.1) is 13.8 Å². The van der Waals surface area contributed by atoms with Crippen molar-refractivity contribution in [2.24, 2.45) is 0 Å². The van der Waals surface area contributed by atoms with Crippen molar-refractivity contribution in [1.82, 2.24) is 15.5 Å². The van der Waals surface area contributed by atoms with Crippen molar-refractivity contribution in [3.05, 3.63) is 64.7 Å². The van der Waals surface area contributed by atoms with Gasteiger partial charge in [0, 0.05) is 19.5 Å². The molecule has 0 aliphatic heterocycles. The van der Waals surface area contributed by atoms with Gasteiger partial charge in [0.1, 0.15) is 23.4 Å². The van der Waals surface area contributed by atoms with E-state index in [9.17, 15) is 19.5 Å². The Bertz CT molecular complexity index is 1120. The van der Waals surface area contributed by atoms with Gasteiger partial charge in [-0.3, -0.25) is 9.59 Å². The Morgan fingerprint density at radius 1 is 0.927 bits per heavy atom. The normalized spacial score (nSPS) is 12.8. The maximum Gasteiger partial charge on any atom is 0.408 e. The standard InChI is InChI=1S/C33H49N3O5/c1-8-10-12-21-36(29(30(38)34-20-11-9-2)28-23(3)14-13-15-24(28)4)31(39)27(35-32(40)41-33(5,6)7)22-25-16-18-26(37)19-17-25/h13-19,27,29,37H,8-12,20-22H2,1-7H3,(H,34,38)(H,35,40). The van der Waals surface area contributed by atoms with Gasteiger partial charge in [-0.2, -0.15) is 0 Å². The molecule has 0 radical (unpaired) electrons. The second-order valence-electron chi connectivity index (χ2n) is 11.7. The van der Waals surface area contributed by atoms with E-state index in [4.69, 9.17) is 4.74 Å². The molecule has 2 aromatic carbocycles. The fraction of sp³-hybridized carbons (Fsp3) is 0.545. The van der Waals surface area contributed by atoms with Crippen LogP contribution >= 0.6 is 0 Å². The van der Waals surface area contributed by atoms with E-state index >= 15 is 0 Å². The quantitative estimate of drug-likeness (QED) is 0.238. The molecule has 8 nitrogen and oxygen atoms in total. The molecule has 0 fully saturated rings. The number of rotatable bonds is 14. The fourth-order valence-corrected chi connectivity index (χ4v) is 4.79. The summed E-state index contributed by atoms with van der Waals surface area (Å²) in [5.74, 6) is -0.489. The lowest BCUT2D eigenvalue weighted by Gasteiger charge is -2.36. The first-order valence-electron chi connectivity index (χ1n) is 14.8. The number of nitrogens with zero attached hydrogens (tertiary/aromatic N) is 1. The van der Waals surface area contributed by atoms with Gasteiger partial charge in [0.05, 0.1) is 0 Å². The second kappa shape index (κ2) is 16.0. The summed E-state index contributed by atoms with van der Waals surface area (Å²) < 4.78 is 5.51. The van der Waals surface area contributed by atoms with Crippen molar-refractivity contribution >= 4 is 17.9 Å². The number of benzene rings is 2. The molecule has 2 aromatic rings. The van der Waals surface area contributed by atoms with Crippen LogP contribution in [0.1, 0.15) is 95.0 Å². The fourth-order valence-electron chi connectivity index (χ4n) is 4.79.